The molecular weight excluding hydrogens is 723 g/mol. The van der Waals surface area contributed by atoms with Crippen molar-refractivity contribution in [1.29, 1.82) is 0 Å². The van der Waals surface area contributed by atoms with Crippen LogP contribution in [0.15, 0.2) is 73.1 Å². The molecule has 2 aromatic carbocycles. The van der Waals surface area contributed by atoms with Crippen molar-refractivity contribution in [3.8, 4) is 32.6 Å². The molecule has 0 atom stereocenters. The monoisotopic (exact) mass is 744 g/mol. The number of halogens is 2. The van der Waals surface area contributed by atoms with Crippen LogP contribution in [0, 0.1) is 9.81 Å². The van der Waals surface area contributed by atoms with Gasteiger partial charge in [0.1, 0.15) is 36.2 Å². The van der Waals surface area contributed by atoms with Crippen LogP contribution < -0.4 is 9.47 Å². The second-order valence-electron chi connectivity index (χ2n) is 9.28. The Morgan fingerprint density at radius 2 is 1.36 bits per heavy atom. The van der Waals surface area contributed by atoms with Crippen LogP contribution in [0.25, 0.3) is 51.5 Å². The minimum Gasteiger partial charge on any atom is -0.497 e. The van der Waals surface area contributed by atoms with Gasteiger partial charge in [0.05, 0.1) is 40.2 Å². The molecular formula is C30H22FIN4O2S4. The molecule has 0 saturated carbocycles. The summed E-state index contributed by atoms with van der Waals surface area (Å²) in [7, 11) is 1.69. The minimum absolute atomic E-state index is 0.0924. The summed E-state index contributed by atoms with van der Waals surface area (Å²) < 4.78 is 30.6. The number of imidazole rings is 2. The van der Waals surface area contributed by atoms with Gasteiger partial charge in [-0.05, 0) is 90.2 Å². The molecule has 0 amide bonds. The Kier molecular flexibility index (Phi) is 7.65. The molecule has 12 heteroatoms. The number of thiophene rings is 2. The predicted molar refractivity (Wildman–Crippen MR) is 183 cm³/mol. The van der Waals surface area contributed by atoms with Gasteiger partial charge in [0.2, 0.25) is 0 Å². The van der Waals surface area contributed by atoms with Crippen molar-refractivity contribution in [2.45, 2.75) is 6.92 Å². The van der Waals surface area contributed by atoms with Gasteiger partial charge in [-0.2, -0.15) is 0 Å². The van der Waals surface area contributed by atoms with Crippen LogP contribution >= 0.6 is 67.9 Å². The molecule has 0 aliphatic heterocycles. The number of benzene rings is 2. The van der Waals surface area contributed by atoms with E-state index in [1.54, 1.807) is 52.5 Å². The lowest BCUT2D eigenvalue weighted by Crippen LogP contribution is -1.98. The number of rotatable bonds is 6. The van der Waals surface area contributed by atoms with E-state index < -0.39 is 6.67 Å². The van der Waals surface area contributed by atoms with E-state index in [1.807, 2.05) is 24.3 Å². The second-order valence-corrected chi connectivity index (χ2v) is 15.6. The Balaban J connectivity index is 0.000000138. The van der Waals surface area contributed by atoms with Gasteiger partial charge in [-0.25, -0.2) is 14.4 Å². The van der Waals surface area contributed by atoms with Gasteiger partial charge in [-0.15, -0.1) is 22.7 Å². The van der Waals surface area contributed by atoms with Gasteiger partial charge in [-0.1, -0.05) is 22.7 Å². The summed E-state index contributed by atoms with van der Waals surface area (Å²) in [5.41, 5.74) is 4.32. The number of hydrogen-bond acceptors (Lipinski definition) is 8. The highest BCUT2D eigenvalue weighted by Crippen LogP contribution is 2.35. The number of methoxy groups -OCH3 is 1. The Bertz CT molecular complexity index is 2190. The highest BCUT2D eigenvalue weighted by molar-refractivity contribution is 14.1. The van der Waals surface area contributed by atoms with E-state index in [0.717, 1.165) is 37.3 Å². The normalized spacial score (nSPS) is 11.5. The summed E-state index contributed by atoms with van der Waals surface area (Å²) in [5, 5.41) is 0. The number of aromatic nitrogens is 4. The largest absolute Gasteiger partial charge is 0.497 e. The molecule has 0 aliphatic rings. The number of thiazole rings is 2. The van der Waals surface area contributed by atoms with E-state index in [1.165, 1.54) is 27.7 Å². The first-order chi connectivity index (χ1) is 20.5. The fourth-order valence-corrected chi connectivity index (χ4v) is 9.07. The first-order valence-corrected chi connectivity index (χ1v) is 17.2. The summed E-state index contributed by atoms with van der Waals surface area (Å²) in [6.07, 6.45) is 4.18. The molecule has 212 valence electrons. The van der Waals surface area contributed by atoms with Crippen molar-refractivity contribution in [3.63, 3.8) is 0 Å². The maximum absolute atomic E-state index is 12.2. The zero-order valence-corrected chi connectivity index (χ0v) is 27.8. The molecule has 0 saturated heterocycles. The van der Waals surface area contributed by atoms with Gasteiger partial charge in [-0.3, -0.25) is 8.80 Å². The number of hydrogen-bond donors (Lipinski definition) is 0. The average Bonchev–Trinajstić information content (AvgIpc) is 3.82. The highest BCUT2D eigenvalue weighted by atomic mass is 127. The van der Waals surface area contributed by atoms with E-state index in [2.05, 4.69) is 87.1 Å². The summed E-state index contributed by atoms with van der Waals surface area (Å²) in [4.78, 5) is 15.1. The van der Waals surface area contributed by atoms with Crippen molar-refractivity contribution < 1.29 is 13.9 Å². The molecule has 6 aromatic heterocycles. The fourth-order valence-electron chi connectivity index (χ4n) is 4.60. The average molecular weight is 745 g/mol. The number of alkyl halides is 1. The molecule has 0 bridgehead atoms. The van der Waals surface area contributed by atoms with Crippen LogP contribution in [0.2, 0.25) is 0 Å². The molecule has 42 heavy (non-hydrogen) atoms. The van der Waals surface area contributed by atoms with E-state index in [4.69, 9.17) is 19.4 Å². The fraction of sp³-hybridized carbons (Fsp3) is 0.133. The van der Waals surface area contributed by atoms with E-state index in [-0.39, 0.29) is 6.61 Å². The van der Waals surface area contributed by atoms with Gasteiger partial charge >= 0.3 is 0 Å². The molecule has 0 unspecified atom stereocenters. The maximum Gasteiger partial charge on any atom is 0.195 e. The Labute approximate surface area is 269 Å². The van der Waals surface area contributed by atoms with Crippen LogP contribution in [0.1, 0.15) is 4.88 Å². The first-order valence-electron chi connectivity index (χ1n) is 12.9. The zero-order chi connectivity index (χ0) is 28.8. The predicted octanol–water partition coefficient (Wildman–Crippen LogP) is 9.82. The maximum atomic E-state index is 12.2. The van der Waals surface area contributed by atoms with Crippen molar-refractivity contribution in [3.05, 3.63) is 80.8 Å². The quantitative estimate of drug-likeness (QED) is 0.159. The third-order valence-electron chi connectivity index (χ3n) is 6.53. The summed E-state index contributed by atoms with van der Waals surface area (Å²) in [6.45, 7) is 1.73. The zero-order valence-electron chi connectivity index (χ0n) is 22.3. The lowest BCUT2D eigenvalue weighted by atomic mass is 10.3. The summed E-state index contributed by atoms with van der Waals surface area (Å²) >= 11 is 9.14. The molecule has 0 radical (unpaired) electrons. The third kappa shape index (κ3) is 5.30. The van der Waals surface area contributed by atoms with Gasteiger partial charge in [0.25, 0.3) is 0 Å². The topological polar surface area (TPSA) is 53.1 Å². The van der Waals surface area contributed by atoms with Crippen LogP contribution in [-0.2, 0) is 0 Å². The molecule has 6 heterocycles. The van der Waals surface area contributed by atoms with Crippen molar-refractivity contribution in [2.75, 3.05) is 20.4 Å². The highest BCUT2D eigenvalue weighted by Gasteiger charge is 2.13. The van der Waals surface area contributed by atoms with Gasteiger partial charge < -0.3 is 9.47 Å². The number of fused-ring (bicyclic) bond motifs is 6. The molecule has 0 fully saturated rings. The molecule has 8 aromatic rings. The number of ether oxygens (including phenoxy) is 2. The summed E-state index contributed by atoms with van der Waals surface area (Å²) in [6, 6.07) is 20.4. The van der Waals surface area contributed by atoms with Crippen molar-refractivity contribution in [2.24, 2.45) is 0 Å². The SMILES string of the molecule is COc1ccc2c(c1)sc1nc(-c3ccc(C)s3)cn12.FCCOc1ccc2c(c1)sc1nc(-c3ccc(I)s3)cn12. The van der Waals surface area contributed by atoms with Crippen LogP contribution in [0.5, 0.6) is 11.5 Å². The third-order valence-corrected chi connectivity index (χ3v) is 11.5. The van der Waals surface area contributed by atoms with Gasteiger partial charge in [0, 0.05) is 17.3 Å². The van der Waals surface area contributed by atoms with Gasteiger partial charge in [0.15, 0.2) is 9.92 Å². The van der Waals surface area contributed by atoms with Crippen LogP contribution in [-0.4, -0.2) is 39.2 Å². The summed E-state index contributed by atoms with van der Waals surface area (Å²) in [5.74, 6) is 1.58. The van der Waals surface area contributed by atoms with E-state index >= 15 is 0 Å². The molecule has 0 spiro atoms. The van der Waals surface area contributed by atoms with Crippen molar-refractivity contribution in [1.82, 2.24) is 18.8 Å². The Morgan fingerprint density at radius 3 is 1.90 bits per heavy atom. The van der Waals surface area contributed by atoms with Crippen LogP contribution in [0.4, 0.5) is 4.39 Å². The number of aryl methyl sites for hydroxylation is 1. The van der Waals surface area contributed by atoms with E-state index in [0.29, 0.717) is 5.75 Å². The molecule has 6 nitrogen and oxygen atoms in total. The minimum atomic E-state index is -0.477. The van der Waals surface area contributed by atoms with E-state index in [9.17, 15) is 4.39 Å². The smallest absolute Gasteiger partial charge is 0.195 e. The Hall–Kier alpha value is -3.04. The molecule has 0 aliphatic carbocycles. The standard InChI is InChI=1S/C15H10FIN2OS2.C15H12N2OS2/c16-5-6-20-9-1-2-11-13(7-9)22-15-18-10(8-19(11)15)12-3-4-14(17)21-12;1-9-3-6-13(19-9)11-8-17-12-5-4-10(18-2)7-14(12)20-15(17)16-11/h1-4,7-8H,5-6H2;3-8H,1-2H3. The van der Waals surface area contributed by atoms with Crippen molar-refractivity contribution >= 4 is 98.3 Å². The van der Waals surface area contributed by atoms with Crippen LogP contribution in [0.3, 0.4) is 0 Å². The second kappa shape index (κ2) is 11.6. The molecule has 8 rings (SSSR count). The first kappa shape index (κ1) is 27.8. The lowest BCUT2D eigenvalue weighted by Gasteiger charge is -2.02. The lowest BCUT2D eigenvalue weighted by molar-refractivity contribution is 0.273. The Morgan fingerprint density at radius 1 is 0.762 bits per heavy atom. The number of nitrogens with zero attached hydrogens (tertiary/aromatic N) is 4. The molecule has 0 N–H and O–H groups in total.